The smallest absolute Gasteiger partial charge is 0.232 e. The molecule has 7 heteroatoms. The number of rotatable bonds is 5. The SMILES string of the molecule is CN1CCN(c2ccc(-c3oc4ncnc(NC5CCCCCC5)c4c3-c3ccc(F)cc3)cc2)CC1. The minimum Gasteiger partial charge on any atom is -0.437 e. The molecule has 1 saturated carbocycles. The van der Waals surface area contributed by atoms with E-state index >= 15 is 0 Å². The minimum absolute atomic E-state index is 0.261. The third-order valence-corrected chi connectivity index (χ3v) is 7.82. The number of benzene rings is 2. The quantitative estimate of drug-likeness (QED) is 0.313. The fraction of sp³-hybridized carbons (Fsp3) is 0.400. The van der Waals surface area contributed by atoms with Gasteiger partial charge in [0.15, 0.2) is 0 Å². The maximum atomic E-state index is 13.9. The Bertz CT molecular complexity index is 1340. The van der Waals surface area contributed by atoms with Gasteiger partial charge in [-0.1, -0.05) is 37.8 Å². The lowest BCUT2D eigenvalue weighted by molar-refractivity contribution is 0.313. The van der Waals surface area contributed by atoms with Gasteiger partial charge in [-0.05, 0) is 61.9 Å². The molecule has 2 aliphatic rings. The summed E-state index contributed by atoms with van der Waals surface area (Å²) in [4.78, 5) is 13.9. The van der Waals surface area contributed by atoms with Crippen LogP contribution >= 0.6 is 0 Å². The van der Waals surface area contributed by atoms with Gasteiger partial charge in [-0.2, -0.15) is 0 Å². The number of piperazine rings is 1. The van der Waals surface area contributed by atoms with Crippen LogP contribution in [0.15, 0.2) is 59.3 Å². The molecule has 2 aromatic heterocycles. The second kappa shape index (κ2) is 10.5. The molecule has 4 aromatic rings. The summed E-state index contributed by atoms with van der Waals surface area (Å²) in [7, 11) is 2.17. The van der Waals surface area contributed by atoms with Crippen molar-refractivity contribution >= 4 is 22.6 Å². The first kappa shape index (κ1) is 23.9. The third-order valence-electron chi connectivity index (χ3n) is 7.82. The summed E-state index contributed by atoms with van der Waals surface area (Å²) in [6, 6.07) is 15.6. The summed E-state index contributed by atoms with van der Waals surface area (Å²) in [5.41, 5.74) is 4.52. The van der Waals surface area contributed by atoms with Crippen molar-refractivity contribution in [3.05, 3.63) is 60.7 Å². The van der Waals surface area contributed by atoms with Crippen LogP contribution in [0.3, 0.4) is 0 Å². The van der Waals surface area contributed by atoms with Crippen LogP contribution in [0.25, 0.3) is 33.6 Å². The summed E-state index contributed by atoms with van der Waals surface area (Å²) in [5, 5.41) is 4.57. The van der Waals surface area contributed by atoms with Gasteiger partial charge in [0.05, 0.1) is 5.39 Å². The highest BCUT2D eigenvalue weighted by atomic mass is 19.1. The molecular formula is C30H34FN5O. The van der Waals surface area contributed by atoms with Crippen molar-refractivity contribution in [2.75, 3.05) is 43.4 Å². The highest BCUT2D eigenvalue weighted by Gasteiger charge is 2.24. The zero-order valence-electron chi connectivity index (χ0n) is 21.4. The predicted molar refractivity (Wildman–Crippen MR) is 147 cm³/mol. The van der Waals surface area contributed by atoms with Gasteiger partial charge in [-0.25, -0.2) is 14.4 Å². The fourth-order valence-corrected chi connectivity index (χ4v) is 5.64. The monoisotopic (exact) mass is 499 g/mol. The van der Waals surface area contributed by atoms with Crippen molar-refractivity contribution in [2.45, 2.75) is 44.6 Å². The molecule has 0 radical (unpaired) electrons. The van der Waals surface area contributed by atoms with Crippen LogP contribution in [-0.4, -0.2) is 54.1 Å². The molecule has 1 saturated heterocycles. The van der Waals surface area contributed by atoms with Gasteiger partial charge in [0.1, 0.15) is 23.7 Å². The first-order chi connectivity index (χ1) is 18.2. The molecule has 0 spiro atoms. The van der Waals surface area contributed by atoms with Gasteiger partial charge in [-0.3, -0.25) is 0 Å². The number of anilines is 2. The topological polar surface area (TPSA) is 57.4 Å². The molecule has 1 N–H and O–H groups in total. The zero-order chi connectivity index (χ0) is 25.2. The Kier molecular flexibility index (Phi) is 6.79. The Morgan fingerprint density at radius 2 is 1.51 bits per heavy atom. The van der Waals surface area contributed by atoms with Gasteiger partial charge in [0.2, 0.25) is 5.71 Å². The molecule has 0 amide bonds. The van der Waals surface area contributed by atoms with Crippen LogP contribution in [0.2, 0.25) is 0 Å². The number of nitrogens with zero attached hydrogens (tertiary/aromatic N) is 4. The van der Waals surface area contributed by atoms with Gasteiger partial charge < -0.3 is 19.5 Å². The number of nitrogens with one attached hydrogen (secondary N) is 1. The minimum atomic E-state index is -0.261. The van der Waals surface area contributed by atoms with E-state index in [4.69, 9.17) is 4.42 Å². The van der Waals surface area contributed by atoms with Crippen molar-refractivity contribution in [1.82, 2.24) is 14.9 Å². The molecule has 6 rings (SSSR count). The van der Waals surface area contributed by atoms with Gasteiger partial charge in [0.25, 0.3) is 0 Å². The first-order valence-corrected chi connectivity index (χ1v) is 13.5. The average Bonchev–Trinajstić information content (AvgIpc) is 3.13. The van der Waals surface area contributed by atoms with E-state index in [-0.39, 0.29) is 5.82 Å². The number of hydrogen-bond donors (Lipinski definition) is 1. The number of aromatic nitrogens is 2. The van der Waals surface area contributed by atoms with Crippen LogP contribution in [0.1, 0.15) is 38.5 Å². The Balaban J connectivity index is 1.42. The summed E-state index contributed by atoms with van der Waals surface area (Å²) < 4.78 is 20.3. The summed E-state index contributed by atoms with van der Waals surface area (Å²) in [6.45, 7) is 4.17. The molecule has 1 aliphatic carbocycles. The van der Waals surface area contributed by atoms with Crippen LogP contribution in [0.5, 0.6) is 0 Å². The van der Waals surface area contributed by atoms with Crippen LogP contribution in [0, 0.1) is 5.82 Å². The van der Waals surface area contributed by atoms with E-state index in [2.05, 4.69) is 56.4 Å². The Morgan fingerprint density at radius 3 is 2.22 bits per heavy atom. The third kappa shape index (κ3) is 5.05. The molecule has 2 fully saturated rings. The molecular weight excluding hydrogens is 465 g/mol. The van der Waals surface area contributed by atoms with Crippen molar-refractivity contribution in [2.24, 2.45) is 0 Å². The van der Waals surface area contributed by atoms with Crippen molar-refractivity contribution in [3.63, 3.8) is 0 Å². The first-order valence-electron chi connectivity index (χ1n) is 13.5. The lowest BCUT2D eigenvalue weighted by atomic mass is 9.98. The highest BCUT2D eigenvalue weighted by Crippen LogP contribution is 2.43. The maximum absolute atomic E-state index is 13.9. The van der Waals surface area contributed by atoms with E-state index in [0.717, 1.165) is 72.7 Å². The molecule has 6 nitrogen and oxygen atoms in total. The summed E-state index contributed by atoms with van der Waals surface area (Å²) >= 11 is 0. The number of furan rings is 1. The standard InChI is InChI=1S/C30H34FN5O/c1-35-16-18-36(19-17-35)25-14-10-22(11-15-25)28-26(21-8-12-23(31)13-9-21)27-29(32-20-33-30(27)37-28)34-24-6-4-2-3-5-7-24/h8-15,20,24H,2-7,16-19H2,1H3,(H,32,33,34). The zero-order valence-corrected chi connectivity index (χ0v) is 21.4. The largest absolute Gasteiger partial charge is 0.437 e. The van der Waals surface area contributed by atoms with Gasteiger partial charge in [-0.15, -0.1) is 0 Å². The van der Waals surface area contributed by atoms with E-state index in [1.54, 1.807) is 6.33 Å². The van der Waals surface area contributed by atoms with Crippen molar-refractivity contribution in [1.29, 1.82) is 0 Å². The second-order valence-electron chi connectivity index (χ2n) is 10.4. The number of halogens is 1. The van der Waals surface area contributed by atoms with Gasteiger partial charge in [0, 0.05) is 49.0 Å². The number of hydrogen-bond acceptors (Lipinski definition) is 6. The molecule has 3 heterocycles. The number of likely N-dealkylation sites (N-methyl/N-ethyl adjacent to an activating group) is 1. The van der Waals surface area contributed by atoms with E-state index in [0.29, 0.717) is 11.8 Å². The lowest BCUT2D eigenvalue weighted by Gasteiger charge is -2.34. The Hall–Kier alpha value is -3.45. The molecule has 0 unspecified atom stereocenters. The van der Waals surface area contributed by atoms with Crippen molar-refractivity contribution < 1.29 is 8.81 Å². The molecule has 192 valence electrons. The molecule has 1 aliphatic heterocycles. The predicted octanol–water partition coefficient (Wildman–Crippen LogP) is 6.58. The second-order valence-corrected chi connectivity index (χ2v) is 10.4. The molecule has 0 bridgehead atoms. The Labute approximate surface area is 217 Å². The average molecular weight is 500 g/mol. The van der Waals surface area contributed by atoms with Crippen molar-refractivity contribution in [3.8, 4) is 22.5 Å². The summed E-state index contributed by atoms with van der Waals surface area (Å²) in [6.07, 6.45) is 8.88. The van der Waals surface area contributed by atoms with Crippen LogP contribution in [-0.2, 0) is 0 Å². The van der Waals surface area contributed by atoms with Gasteiger partial charge >= 0.3 is 0 Å². The Morgan fingerprint density at radius 1 is 0.838 bits per heavy atom. The lowest BCUT2D eigenvalue weighted by Crippen LogP contribution is -2.44. The maximum Gasteiger partial charge on any atom is 0.232 e. The molecule has 0 atom stereocenters. The summed E-state index contributed by atoms with van der Waals surface area (Å²) in [5.74, 6) is 1.26. The van der Waals surface area contributed by atoms with E-state index in [9.17, 15) is 4.39 Å². The van der Waals surface area contributed by atoms with E-state index in [1.165, 1.54) is 43.5 Å². The van der Waals surface area contributed by atoms with E-state index in [1.807, 2.05) is 12.1 Å². The van der Waals surface area contributed by atoms with Crippen LogP contribution in [0.4, 0.5) is 15.9 Å². The normalized spacial score (nSPS) is 17.7. The van der Waals surface area contributed by atoms with E-state index < -0.39 is 0 Å². The molecule has 37 heavy (non-hydrogen) atoms. The van der Waals surface area contributed by atoms with Crippen LogP contribution < -0.4 is 10.2 Å². The molecule has 2 aromatic carbocycles. The fourth-order valence-electron chi connectivity index (χ4n) is 5.64. The number of fused-ring (bicyclic) bond motifs is 1. The highest BCUT2D eigenvalue weighted by molar-refractivity contribution is 6.06.